The normalized spacial score (nSPS) is 40.1. The number of ether oxygens (including phenoxy) is 1. The van der Waals surface area contributed by atoms with E-state index >= 15 is 0 Å². The SMILES string of the molecule is CC1CC(CN)(N2CCC(C(C)C)C2)CCO1. The molecule has 2 heterocycles. The molecule has 17 heavy (non-hydrogen) atoms. The maximum absolute atomic E-state index is 6.10. The number of rotatable bonds is 3. The lowest BCUT2D eigenvalue weighted by atomic mass is 9.85. The molecule has 0 aromatic heterocycles. The van der Waals surface area contributed by atoms with Crippen LogP contribution in [0.15, 0.2) is 0 Å². The van der Waals surface area contributed by atoms with Gasteiger partial charge in [-0.05, 0) is 44.6 Å². The van der Waals surface area contributed by atoms with Gasteiger partial charge in [-0.25, -0.2) is 0 Å². The van der Waals surface area contributed by atoms with E-state index in [1.807, 2.05) is 0 Å². The molecule has 100 valence electrons. The number of nitrogens with zero attached hydrogens (tertiary/aromatic N) is 1. The molecule has 3 atom stereocenters. The minimum Gasteiger partial charge on any atom is -0.378 e. The van der Waals surface area contributed by atoms with Crippen LogP contribution in [0.2, 0.25) is 0 Å². The molecule has 2 saturated heterocycles. The van der Waals surface area contributed by atoms with Gasteiger partial charge in [0.2, 0.25) is 0 Å². The van der Waals surface area contributed by atoms with Crippen molar-refractivity contribution in [3.63, 3.8) is 0 Å². The average Bonchev–Trinajstić information content (AvgIpc) is 2.78. The van der Waals surface area contributed by atoms with E-state index in [-0.39, 0.29) is 5.54 Å². The maximum atomic E-state index is 6.10. The molecule has 3 heteroatoms. The van der Waals surface area contributed by atoms with Gasteiger partial charge in [-0.1, -0.05) is 13.8 Å². The van der Waals surface area contributed by atoms with E-state index in [2.05, 4.69) is 25.7 Å². The van der Waals surface area contributed by atoms with Crippen molar-refractivity contribution < 1.29 is 4.74 Å². The predicted octanol–water partition coefficient (Wildman–Crippen LogP) is 1.86. The van der Waals surface area contributed by atoms with Crippen molar-refractivity contribution in [1.29, 1.82) is 0 Å². The Morgan fingerprint density at radius 1 is 1.47 bits per heavy atom. The van der Waals surface area contributed by atoms with Gasteiger partial charge in [0.25, 0.3) is 0 Å². The van der Waals surface area contributed by atoms with Gasteiger partial charge in [0.05, 0.1) is 6.10 Å². The molecule has 0 aromatic rings. The molecule has 2 rings (SSSR count). The molecule has 2 aliphatic rings. The van der Waals surface area contributed by atoms with E-state index in [0.29, 0.717) is 6.10 Å². The fourth-order valence-corrected chi connectivity index (χ4v) is 3.51. The van der Waals surface area contributed by atoms with Crippen LogP contribution in [0, 0.1) is 11.8 Å². The smallest absolute Gasteiger partial charge is 0.0565 e. The second-order valence-electron chi connectivity index (χ2n) is 6.30. The zero-order valence-corrected chi connectivity index (χ0v) is 11.6. The van der Waals surface area contributed by atoms with E-state index in [1.54, 1.807) is 0 Å². The Morgan fingerprint density at radius 2 is 2.24 bits per heavy atom. The first-order valence-electron chi connectivity index (χ1n) is 7.14. The minimum atomic E-state index is 0.224. The van der Waals surface area contributed by atoms with E-state index in [0.717, 1.165) is 37.8 Å². The van der Waals surface area contributed by atoms with Crippen molar-refractivity contribution in [2.45, 2.75) is 51.7 Å². The Labute approximate surface area is 106 Å². The maximum Gasteiger partial charge on any atom is 0.0565 e. The first-order valence-corrected chi connectivity index (χ1v) is 7.14. The highest BCUT2D eigenvalue weighted by Crippen LogP contribution is 2.36. The van der Waals surface area contributed by atoms with Crippen LogP contribution in [-0.2, 0) is 4.74 Å². The summed E-state index contributed by atoms with van der Waals surface area (Å²) in [6.07, 6.45) is 3.92. The van der Waals surface area contributed by atoms with Crippen LogP contribution in [-0.4, -0.2) is 42.8 Å². The van der Waals surface area contributed by atoms with Crippen molar-refractivity contribution in [3.8, 4) is 0 Å². The molecular formula is C14H28N2O. The van der Waals surface area contributed by atoms with Gasteiger partial charge >= 0.3 is 0 Å². The summed E-state index contributed by atoms with van der Waals surface area (Å²) < 4.78 is 5.69. The Kier molecular flexibility index (Phi) is 4.11. The fraction of sp³-hybridized carbons (Fsp3) is 1.00. The summed E-state index contributed by atoms with van der Waals surface area (Å²) in [6, 6.07) is 0. The number of nitrogens with two attached hydrogens (primary N) is 1. The van der Waals surface area contributed by atoms with Crippen LogP contribution in [0.3, 0.4) is 0 Å². The summed E-state index contributed by atoms with van der Waals surface area (Å²) in [4.78, 5) is 2.66. The van der Waals surface area contributed by atoms with Gasteiger partial charge in [-0.15, -0.1) is 0 Å². The Balaban J connectivity index is 2.03. The second-order valence-corrected chi connectivity index (χ2v) is 6.30. The molecule has 2 N–H and O–H groups in total. The minimum absolute atomic E-state index is 0.224. The standard InChI is InChI=1S/C14H28N2O/c1-11(2)13-4-6-16(9-13)14(10-15)5-7-17-12(3)8-14/h11-13H,4-10,15H2,1-3H3. The molecule has 3 unspecified atom stereocenters. The van der Waals surface area contributed by atoms with Gasteiger partial charge in [0.15, 0.2) is 0 Å². The van der Waals surface area contributed by atoms with Crippen molar-refractivity contribution in [1.82, 2.24) is 4.90 Å². The van der Waals surface area contributed by atoms with E-state index in [9.17, 15) is 0 Å². The highest BCUT2D eigenvalue weighted by atomic mass is 16.5. The first-order chi connectivity index (χ1) is 8.07. The van der Waals surface area contributed by atoms with Crippen LogP contribution >= 0.6 is 0 Å². The second kappa shape index (κ2) is 5.25. The molecular weight excluding hydrogens is 212 g/mol. The molecule has 2 aliphatic heterocycles. The quantitative estimate of drug-likeness (QED) is 0.818. The van der Waals surface area contributed by atoms with Crippen molar-refractivity contribution in [2.75, 3.05) is 26.2 Å². The topological polar surface area (TPSA) is 38.5 Å². The third-order valence-corrected chi connectivity index (χ3v) is 4.86. The lowest BCUT2D eigenvalue weighted by molar-refractivity contribution is -0.0582. The Hall–Kier alpha value is -0.120. The summed E-state index contributed by atoms with van der Waals surface area (Å²) in [6.45, 7) is 11.0. The number of hydrogen-bond donors (Lipinski definition) is 1. The van der Waals surface area contributed by atoms with Crippen LogP contribution in [0.4, 0.5) is 0 Å². The van der Waals surface area contributed by atoms with Gasteiger partial charge < -0.3 is 10.5 Å². The van der Waals surface area contributed by atoms with Crippen LogP contribution in [0.5, 0.6) is 0 Å². The van der Waals surface area contributed by atoms with Gasteiger partial charge in [-0.3, -0.25) is 4.90 Å². The highest BCUT2D eigenvalue weighted by Gasteiger charge is 2.42. The van der Waals surface area contributed by atoms with Crippen LogP contribution < -0.4 is 5.73 Å². The number of likely N-dealkylation sites (tertiary alicyclic amines) is 1. The van der Waals surface area contributed by atoms with E-state index in [4.69, 9.17) is 10.5 Å². The summed E-state index contributed by atoms with van der Waals surface area (Å²) in [5.41, 5.74) is 6.33. The molecule has 0 spiro atoms. The molecule has 3 nitrogen and oxygen atoms in total. The van der Waals surface area contributed by atoms with Gasteiger partial charge in [-0.2, -0.15) is 0 Å². The Bertz CT molecular complexity index is 257. The zero-order chi connectivity index (χ0) is 12.5. The first kappa shape index (κ1) is 13.3. The summed E-state index contributed by atoms with van der Waals surface area (Å²) in [5.74, 6) is 1.66. The molecule has 0 aliphatic carbocycles. The summed E-state index contributed by atoms with van der Waals surface area (Å²) in [5, 5.41) is 0. The molecule has 0 bridgehead atoms. The van der Waals surface area contributed by atoms with Crippen LogP contribution in [0.1, 0.15) is 40.0 Å². The van der Waals surface area contributed by atoms with Crippen molar-refractivity contribution in [2.24, 2.45) is 17.6 Å². The summed E-state index contributed by atoms with van der Waals surface area (Å²) >= 11 is 0. The van der Waals surface area contributed by atoms with E-state index < -0.39 is 0 Å². The molecule has 2 fully saturated rings. The lowest BCUT2D eigenvalue weighted by Gasteiger charge is -2.46. The Morgan fingerprint density at radius 3 is 2.76 bits per heavy atom. The molecule has 0 radical (unpaired) electrons. The van der Waals surface area contributed by atoms with E-state index in [1.165, 1.54) is 19.5 Å². The lowest BCUT2D eigenvalue weighted by Crippen LogP contribution is -2.57. The van der Waals surface area contributed by atoms with Crippen molar-refractivity contribution >= 4 is 0 Å². The predicted molar refractivity (Wildman–Crippen MR) is 71.0 cm³/mol. The third kappa shape index (κ3) is 2.67. The zero-order valence-electron chi connectivity index (χ0n) is 11.6. The van der Waals surface area contributed by atoms with Crippen molar-refractivity contribution in [3.05, 3.63) is 0 Å². The molecule has 0 amide bonds. The largest absolute Gasteiger partial charge is 0.378 e. The summed E-state index contributed by atoms with van der Waals surface area (Å²) in [7, 11) is 0. The van der Waals surface area contributed by atoms with Gasteiger partial charge in [0, 0.05) is 25.2 Å². The molecule has 0 aromatic carbocycles. The average molecular weight is 240 g/mol. The third-order valence-electron chi connectivity index (χ3n) is 4.86. The van der Waals surface area contributed by atoms with Crippen LogP contribution in [0.25, 0.3) is 0 Å². The van der Waals surface area contributed by atoms with Gasteiger partial charge in [0.1, 0.15) is 0 Å². The fourth-order valence-electron chi connectivity index (χ4n) is 3.51. The monoisotopic (exact) mass is 240 g/mol. The highest BCUT2D eigenvalue weighted by molar-refractivity contribution is 4.98. The molecule has 0 saturated carbocycles. The number of hydrogen-bond acceptors (Lipinski definition) is 3.